The molecule has 0 spiro atoms. The fourth-order valence-corrected chi connectivity index (χ4v) is 7.00. The quantitative estimate of drug-likeness (QED) is 0.161. The Morgan fingerprint density at radius 1 is 0.537 bits per heavy atom. The van der Waals surface area contributed by atoms with Gasteiger partial charge in [-0.15, -0.1) is 0 Å². The van der Waals surface area contributed by atoms with Crippen LogP contribution in [0.1, 0.15) is 38.9 Å². The number of carbonyl (C=O) groups excluding carboxylic acids is 1. The Balaban J connectivity index is 0.000000178. The van der Waals surface area contributed by atoms with Crippen LogP contribution in [0.5, 0.6) is 5.75 Å². The van der Waals surface area contributed by atoms with Gasteiger partial charge in [-0.25, -0.2) is 0 Å². The molecule has 7 aromatic carbocycles. The van der Waals surface area contributed by atoms with E-state index in [1.165, 1.54) is 10.8 Å². The molecule has 2 aliphatic rings. The van der Waals surface area contributed by atoms with Crippen LogP contribution in [0.4, 0.5) is 0 Å². The zero-order valence-electron chi connectivity index (χ0n) is 29.5. The molecule has 54 heavy (non-hydrogen) atoms. The number of hydrogen-bond donors (Lipinski definition) is 0. The van der Waals surface area contributed by atoms with E-state index in [9.17, 15) is 4.79 Å². The Hall–Kier alpha value is -5.13. The van der Waals surface area contributed by atoms with Gasteiger partial charge in [-0.1, -0.05) is 188 Å². The Morgan fingerprint density at radius 3 is 1.70 bits per heavy atom. The minimum absolute atomic E-state index is 0. The molecular weight excluding hydrogens is 922 g/mol. The number of ether oxygens (including phenoxy) is 1. The van der Waals surface area contributed by atoms with Gasteiger partial charge in [0.15, 0.2) is 11.4 Å². The topological polar surface area (TPSA) is 26.3 Å². The van der Waals surface area contributed by atoms with Gasteiger partial charge in [0.05, 0.1) is 0 Å². The van der Waals surface area contributed by atoms with Crippen molar-refractivity contribution in [2.24, 2.45) is 0 Å². The minimum Gasteiger partial charge on any atom is -0.473 e. The van der Waals surface area contributed by atoms with E-state index in [0.717, 1.165) is 55.8 Å². The van der Waals surface area contributed by atoms with E-state index in [0.29, 0.717) is 0 Å². The summed E-state index contributed by atoms with van der Waals surface area (Å²) in [7, 11) is 0. The summed E-state index contributed by atoms with van der Waals surface area (Å²) >= 11 is 0. The second kappa shape index (κ2) is 17.8. The molecule has 0 N–H and O–H groups in total. The van der Waals surface area contributed by atoms with Crippen molar-refractivity contribution in [2.45, 2.75) is 5.60 Å². The zero-order chi connectivity index (χ0) is 35.2. The third-order valence-corrected chi connectivity index (χ3v) is 9.61. The summed E-state index contributed by atoms with van der Waals surface area (Å²) in [5, 5.41) is 2.45. The van der Waals surface area contributed by atoms with E-state index in [4.69, 9.17) is 4.74 Å². The van der Waals surface area contributed by atoms with Crippen LogP contribution >= 0.6 is 0 Å². The monoisotopic (exact) mass is 957 g/mol. The predicted molar refractivity (Wildman–Crippen MR) is 216 cm³/mol. The molecule has 1 radical (unpaired) electrons. The third kappa shape index (κ3) is 8.02. The molecule has 9 rings (SSSR count). The molecule has 2 nitrogen and oxygen atoms in total. The van der Waals surface area contributed by atoms with Gasteiger partial charge in [-0.2, -0.15) is 0 Å². The molecule has 0 amide bonds. The molecule has 1 aliphatic heterocycles. The maximum atomic E-state index is 12.5. The van der Waals surface area contributed by atoms with Crippen molar-refractivity contribution < 1.29 is 59.2 Å². The van der Waals surface area contributed by atoms with Crippen LogP contribution < -0.4 is 4.74 Å². The molecule has 1 aliphatic carbocycles. The summed E-state index contributed by atoms with van der Waals surface area (Å²) in [4.78, 5) is 12.5. The molecule has 1 heterocycles. The van der Waals surface area contributed by atoms with Gasteiger partial charge in [0.1, 0.15) is 5.75 Å². The first-order chi connectivity index (χ1) is 25.7. The largest absolute Gasteiger partial charge is 0.473 e. The average molecular weight is 958 g/mol. The summed E-state index contributed by atoms with van der Waals surface area (Å²) in [6, 6.07) is 62.0. The predicted octanol–water partition coefficient (Wildman–Crippen LogP) is 12.0. The van der Waals surface area contributed by atoms with Crippen molar-refractivity contribution in [2.75, 3.05) is 0 Å². The molecule has 0 fully saturated rings. The molecule has 0 saturated carbocycles. The molecule has 0 saturated heterocycles. The smallest absolute Gasteiger partial charge is 0.186 e. The van der Waals surface area contributed by atoms with Gasteiger partial charge in [0.25, 0.3) is 0 Å². The van der Waals surface area contributed by atoms with E-state index >= 15 is 0 Å². The molecule has 257 valence electrons. The van der Waals surface area contributed by atoms with Crippen LogP contribution in [0, 0.1) is 31.1 Å². The van der Waals surface area contributed by atoms with E-state index < -0.39 is 5.60 Å². The fraction of sp³-hybridized carbons (Fsp3) is 0.0200. The molecule has 0 bridgehead atoms. The number of allylic oxidation sites excluding steroid dienone is 4. The van der Waals surface area contributed by atoms with Crippen LogP contribution in [0.2, 0.25) is 0 Å². The van der Waals surface area contributed by atoms with Crippen molar-refractivity contribution >= 4 is 39.9 Å². The fourth-order valence-electron chi connectivity index (χ4n) is 7.00. The maximum Gasteiger partial charge on any atom is 0.186 e. The van der Waals surface area contributed by atoms with Gasteiger partial charge in [-0.3, -0.25) is 4.79 Å². The first-order valence-corrected chi connectivity index (χ1v) is 17.6. The first-order valence-electron chi connectivity index (χ1n) is 17.6. The summed E-state index contributed by atoms with van der Waals surface area (Å²) in [5.41, 5.74) is 8.92. The van der Waals surface area contributed by atoms with Gasteiger partial charge < -0.3 is 4.74 Å². The number of ketones is 1. The minimum atomic E-state index is -0.613. The van der Waals surface area contributed by atoms with Crippen molar-refractivity contribution in [3.05, 3.63) is 245 Å². The van der Waals surface area contributed by atoms with E-state index in [1.54, 1.807) is 6.08 Å². The first kappa shape index (κ1) is 38.6. The van der Waals surface area contributed by atoms with Crippen molar-refractivity contribution in [1.29, 1.82) is 0 Å². The standard InChI is InChI=1S/2C25H18O.U.V/c1-3-10-20(11-4-1)25(21-12-5-2-6-13-21)18-17-23-22-14-8-7-9-19(22)15-16-24(23)26-25;26-25-18-15-21-13-7-8-14-23(21)24(25)17-16-22(19-9-3-1-4-10-19)20-11-5-2-6-12-20;;/h2*1-18H;;/b;24-17-;;. The number of benzene rings is 7. The molecule has 0 aromatic heterocycles. The van der Waals surface area contributed by atoms with Crippen molar-refractivity contribution in [3.8, 4) is 5.75 Å². The Labute approximate surface area is 352 Å². The number of hydrogen-bond acceptors (Lipinski definition) is 2. The Bertz CT molecular complexity index is 2400. The number of fused-ring (bicyclic) bond motifs is 4. The van der Waals surface area contributed by atoms with Gasteiger partial charge >= 0.3 is 0 Å². The van der Waals surface area contributed by atoms with Crippen LogP contribution in [0.25, 0.3) is 34.1 Å². The summed E-state index contributed by atoms with van der Waals surface area (Å²) in [6.45, 7) is 0. The molecule has 7 aromatic rings. The van der Waals surface area contributed by atoms with Crippen LogP contribution in [-0.4, -0.2) is 5.78 Å². The summed E-state index contributed by atoms with van der Waals surface area (Å²) in [5.74, 6) is 0.958. The van der Waals surface area contributed by atoms with Crippen LogP contribution in [0.3, 0.4) is 0 Å². The zero-order valence-corrected chi connectivity index (χ0v) is 35.1. The van der Waals surface area contributed by atoms with Crippen LogP contribution in [-0.2, 0) is 29.0 Å². The maximum absolute atomic E-state index is 12.5. The Kier molecular flexibility index (Phi) is 12.7. The van der Waals surface area contributed by atoms with Gasteiger partial charge in [0.2, 0.25) is 0 Å². The second-order valence-electron chi connectivity index (χ2n) is 12.8. The number of carbonyl (C=O) groups is 1. The van der Waals surface area contributed by atoms with Gasteiger partial charge in [0, 0.05) is 71.9 Å². The molecule has 0 unspecified atom stereocenters. The number of rotatable bonds is 5. The van der Waals surface area contributed by atoms with E-state index in [1.807, 2.05) is 91.0 Å². The second-order valence-corrected chi connectivity index (χ2v) is 12.8. The van der Waals surface area contributed by atoms with E-state index in [2.05, 4.69) is 121 Å². The SMILES string of the molecule is C1=CC(c2ccccc2)(c2ccccc2)Oc2ccc3ccccc3c21.O=C1C=Cc2ccccc2/C1=C/C=C(c1ccccc1)c1ccccc1.[U].[V]. The average Bonchev–Trinajstić information content (AvgIpc) is 3.23. The molecule has 0 atom stereocenters. The van der Waals surface area contributed by atoms with Crippen LogP contribution in [0.15, 0.2) is 206 Å². The summed E-state index contributed by atoms with van der Waals surface area (Å²) < 4.78 is 6.71. The molecular formula is C50H36O2UV. The normalized spacial score (nSPS) is 13.9. The van der Waals surface area contributed by atoms with Gasteiger partial charge in [-0.05, 0) is 69.0 Å². The summed E-state index contributed by atoms with van der Waals surface area (Å²) in [6.07, 6.45) is 11.9. The van der Waals surface area contributed by atoms with E-state index in [-0.39, 0.29) is 55.5 Å². The van der Waals surface area contributed by atoms with Crippen molar-refractivity contribution in [1.82, 2.24) is 0 Å². The Morgan fingerprint density at radius 2 is 1.07 bits per heavy atom. The molecule has 4 heteroatoms. The van der Waals surface area contributed by atoms with Crippen molar-refractivity contribution in [3.63, 3.8) is 0 Å². The third-order valence-electron chi connectivity index (χ3n) is 9.61.